The number of carbonyl (C=O) groups excluding carboxylic acids is 3. The molecule has 4 atom stereocenters. The van der Waals surface area contributed by atoms with E-state index in [0.717, 1.165) is 5.56 Å². The molecule has 0 spiro atoms. The molecule has 0 aliphatic carbocycles. The predicted octanol–water partition coefficient (Wildman–Crippen LogP) is 0.926. The van der Waals surface area contributed by atoms with Crippen LogP contribution in [-0.4, -0.2) is 76.6 Å². The van der Waals surface area contributed by atoms with Gasteiger partial charge in [-0.3, -0.25) is 14.4 Å². The number of unbranched alkanes of at least 4 members (excludes halogenated alkanes) is 1. The first-order valence-corrected chi connectivity index (χ1v) is 14.9. The number of nitrogens with two attached hydrogens (primary N) is 2. The van der Waals surface area contributed by atoms with Gasteiger partial charge in [0.25, 0.3) is 0 Å². The second-order valence-electron chi connectivity index (χ2n) is 9.75. The Hall–Kier alpha value is -3.61. The highest BCUT2D eigenvalue weighted by molar-refractivity contribution is 7.98. The molecule has 12 heteroatoms. The first kappa shape index (κ1) is 33.6. The monoisotopic (exact) mass is 587 g/mol. The number of phenols is 1. The Morgan fingerprint density at radius 1 is 0.780 bits per heavy atom. The van der Waals surface area contributed by atoms with E-state index in [0.29, 0.717) is 30.7 Å². The molecule has 0 heterocycles. The second-order valence-corrected chi connectivity index (χ2v) is 10.7. The predicted molar refractivity (Wildman–Crippen MR) is 159 cm³/mol. The number of hydrogen-bond acceptors (Lipinski definition) is 8. The summed E-state index contributed by atoms with van der Waals surface area (Å²) in [4.78, 5) is 51.4. The van der Waals surface area contributed by atoms with Crippen molar-refractivity contribution in [3.8, 4) is 5.75 Å². The molecule has 2 aromatic carbocycles. The van der Waals surface area contributed by atoms with Crippen LogP contribution in [0.4, 0.5) is 0 Å². The highest BCUT2D eigenvalue weighted by Gasteiger charge is 2.30. The van der Waals surface area contributed by atoms with Gasteiger partial charge in [0.05, 0.1) is 6.04 Å². The van der Waals surface area contributed by atoms with Gasteiger partial charge in [-0.1, -0.05) is 42.5 Å². The van der Waals surface area contributed by atoms with Gasteiger partial charge in [0.2, 0.25) is 17.7 Å². The van der Waals surface area contributed by atoms with E-state index in [1.807, 2.05) is 36.6 Å². The van der Waals surface area contributed by atoms with E-state index in [4.69, 9.17) is 11.5 Å². The minimum atomic E-state index is -1.17. The van der Waals surface area contributed by atoms with Crippen LogP contribution in [0.15, 0.2) is 54.6 Å². The van der Waals surface area contributed by atoms with Gasteiger partial charge in [-0.25, -0.2) is 4.79 Å². The average Bonchev–Trinajstić information content (AvgIpc) is 2.95. The summed E-state index contributed by atoms with van der Waals surface area (Å²) in [7, 11) is 0. The Kier molecular flexibility index (Phi) is 14.7. The van der Waals surface area contributed by atoms with Crippen molar-refractivity contribution < 1.29 is 29.4 Å². The molecule has 224 valence electrons. The summed E-state index contributed by atoms with van der Waals surface area (Å²) < 4.78 is 0. The molecule has 2 aromatic rings. The summed E-state index contributed by atoms with van der Waals surface area (Å²) in [6.45, 7) is 0.413. The lowest BCUT2D eigenvalue weighted by atomic mass is 10.0. The highest BCUT2D eigenvalue weighted by atomic mass is 32.2. The lowest BCUT2D eigenvalue weighted by Gasteiger charge is -2.25. The Morgan fingerprint density at radius 3 is 1.98 bits per heavy atom. The molecule has 0 saturated heterocycles. The summed E-state index contributed by atoms with van der Waals surface area (Å²) in [5.41, 5.74) is 13.2. The topological polar surface area (TPSA) is 197 Å². The van der Waals surface area contributed by atoms with Crippen LogP contribution in [0.5, 0.6) is 5.75 Å². The fraction of sp³-hybridized carbons (Fsp3) is 0.448. The van der Waals surface area contributed by atoms with Crippen LogP contribution in [-0.2, 0) is 32.0 Å². The number of nitrogens with one attached hydrogen (secondary N) is 3. The lowest BCUT2D eigenvalue weighted by Crippen LogP contribution is -2.57. The number of hydrogen-bond donors (Lipinski definition) is 7. The molecule has 0 radical (unpaired) electrons. The number of carboxylic acids is 1. The number of aliphatic carboxylic acids is 1. The zero-order chi connectivity index (χ0) is 30.2. The molecule has 0 bridgehead atoms. The molecule has 0 aliphatic rings. The maximum Gasteiger partial charge on any atom is 0.326 e. The van der Waals surface area contributed by atoms with Gasteiger partial charge in [0.15, 0.2) is 0 Å². The standard InChI is InChI=1S/C29H41N5O6S/c1-41-16-14-23(27(37)33-24(29(39)40)9-5-6-15-30)32-28(38)25(18-20-10-12-21(35)13-11-20)34-26(36)22(31)17-19-7-3-2-4-8-19/h2-4,7-8,10-13,22-25,35H,5-6,9,14-18,30-31H2,1H3,(H,32,38)(H,33,37)(H,34,36)(H,39,40). The molecule has 11 nitrogen and oxygen atoms in total. The number of rotatable bonds is 18. The van der Waals surface area contributed by atoms with Gasteiger partial charge in [-0.05, 0) is 73.9 Å². The van der Waals surface area contributed by atoms with Crippen molar-refractivity contribution in [3.63, 3.8) is 0 Å². The van der Waals surface area contributed by atoms with Gasteiger partial charge in [0, 0.05) is 6.42 Å². The quantitative estimate of drug-likeness (QED) is 0.124. The van der Waals surface area contributed by atoms with Crippen LogP contribution < -0.4 is 27.4 Å². The number of benzene rings is 2. The molecule has 0 aromatic heterocycles. The van der Waals surface area contributed by atoms with Crippen LogP contribution in [0.1, 0.15) is 36.8 Å². The zero-order valence-corrected chi connectivity index (χ0v) is 24.1. The Labute approximate surface area is 244 Å². The third-order valence-corrected chi connectivity index (χ3v) is 7.09. The Bertz CT molecular complexity index is 1120. The number of phenolic OH excluding ortho intramolecular Hbond substituents is 1. The minimum absolute atomic E-state index is 0.0527. The normalized spacial score (nSPS) is 13.8. The fourth-order valence-electron chi connectivity index (χ4n) is 4.12. The number of carboxylic acid groups (broad SMARTS) is 1. The molecular weight excluding hydrogens is 546 g/mol. The first-order chi connectivity index (χ1) is 19.6. The zero-order valence-electron chi connectivity index (χ0n) is 23.3. The van der Waals surface area contributed by atoms with Gasteiger partial charge in [0.1, 0.15) is 23.9 Å². The molecule has 0 saturated carbocycles. The number of aromatic hydroxyl groups is 1. The lowest BCUT2D eigenvalue weighted by molar-refractivity contribution is -0.142. The highest BCUT2D eigenvalue weighted by Crippen LogP contribution is 2.13. The van der Waals surface area contributed by atoms with E-state index >= 15 is 0 Å². The second kappa shape index (κ2) is 17.9. The first-order valence-electron chi connectivity index (χ1n) is 13.5. The van der Waals surface area contributed by atoms with Crippen molar-refractivity contribution in [3.05, 3.63) is 65.7 Å². The summed E-state index contributed by atoms with van der Waals surface area (Å²) >= 11 is 1.47. The van der Waals surface area contributed by atoms with E-state index in [2.05, 4.69) is 16.0 Å². The maximum atomic E-state index is 13.5. The molecule has 0 aliphatic heterocycles. The Morgan fingerprint density at radius 2 is 1.37 bits per heavy atom. The summed E-state index contributed by atoms with van der Waals surface area (Å²) in [6.07, 6.45) is 3.80. The van der Waals surface area contributed by atoms with Gasteiger partial charge < -0.3 is 37.6 Å². The van der Waals surface area contributed by atoms with Gasteiger partial charge in [-0.2, -0.15) is 11.8 Å². The molecule has 9 N–H and O–H groups in total. The van der Waals surface area contributed by atoms with Crippen LogP contribution in [0.3, 0.4) is 0 Å². The number of amides is 3. The van der Waals surface area contributed by atoms with Crippen molar-refractivity contribution >= 4 is 35.5 Å². The van der Waals surface area contributed by atoms with Crippen LogP contribution in [0, 0.1) is 0 Å². The third kappa shape index (κ3) is 12.2. The van der Waals surface area contributed by atoms with Gasteiger partial charge >= 0.3 is 5.97 Å². The van der Waals surface area contributed by atoms with Crippen molar-refractivity contribution in [1.82, 2.24) is 16.0 Å². The van der Waals surface area contributed by atoms with Crippen molar-refractivity contribution in [1.29, 1.82) is 0 Å². The molecule has 2 rings (SSSR count). The van der Waals surface area contributed by atoms with Crippen LogP contribution >= 0.6 is 11.8 Å². The molecule has 4 unspecified atom stereocenters. The van der Waals surface area contributed by atoms with Gasteiger partial charge in [-0.15, -0.1) is 0 Å². The minimum Gasteiger partial charge on any atom is -0.508 e. The van der Waals surface area contributed by atoms with E-state index < -0.39 is 47.9 Å². The maximum absolute atomic E-state index is 13.5. The third-order valence-electron chi connectivity index (χ3n) is 6.45. The van der Waals surface area contributed by atoms with E-state index in [1.165, 1.54) is 23.9 Å². The molecule has 0 fully saturated rings. The molecule has 41 heavy (non-hydrogen) atoms. The average molecular weight is 588 g/mol. The number of carbonyl (C=O) groups is 4. The fourth-order valence-corrected chi connectivity index (χ4v) is 4.59. The SMILES string of the molecule is CSCCC(NC(=O)C(Cc1ccc(O)cc1)NC(=O)C(N)Cc1ccccc1)C(=O)NC(CCCCN)C(=O)O. The number of thioether (sulfide) groups is 1. The smallest absolute Gasteiger partial charge is 0.326 e. The van der Waals surface area contributed by atoms with Crippen LogP contribution in [0.25, 0.3) is 0 Å². The Balaban J connectivity index is 2.20. The van der Waals surface area contributed by atoms with E-state index in [1.54, 1.807) is 12.1 Å². The molecular formula is C29H41N5O6S. The molecule has 3 amide bonds. The van der Waals surface area contributed by atoms with E-state index in [-0.39, 0.29) is 31.4 Å². The largest absolute Gasteiger partial charge is 0.508 e. The summed E-state index contributed by atoms with van der Waals surface area (Å²) in [5, 5.41) is 27.2. The van der Waals surface area contributed by atoms with Crippen LogP contribution in [0.2, 0.25) is 0 Å². The van der Waals surface area contributed by atoms with Crippen molar-refractivity contribution in [2.45, 2.75) is 62.7 Å². The van der Waals surface area contributed by atoms with E-state index in [9.17, 15) is 29.4 Å². The summed E-state index contributed by atoms with van der Waals surface area (Å²) in [5.74, 6) is -2.37. The summed E-state index contributed by atoms with van der Waals surface area (Å²) in [6, 6.07) is 11.3. The van der Waals surface area contributed by atoms with Crippen molar-refractivity contribution in [2.75, 3.05) is 18.6 Å². The van der Waals surface area contributed by atoms with Crippen molar-refractivity contribution in [2.24, 2.45) is 11.5 Å².